The quantitative estimate of drug-likeness (QED) is 0.514. The van der Waals surface area contributed by atoms with Gasteiger partial charge in [0.2, 0.25) is 0 Å². The van der Waals surface area contributed by atoms with Crippen molar-refractivity contribution >= 4 is 29.2 Å². The second kappa shape index (κ2) is 7.56. The molecule has 0 spiro atoms. The summed E-state index contributed by atoms with van der Waals surface area (Å²) in [7, 11) is 1.62. The van der Waals surface area contributed by atoms with Gasteiger partial charge >= 0.3 is 0 Å². The van der Waals surface area contributed by atoms with E-state index in [0.717, 1.165) is 17.0 Å². The largest absolute Gasteiger partial charge is 0.495 e. The zero-order valence-corrected chi connectivity index (χ0v) is 13.7. The summed E-state index contributed by atoms with van der Waals surface area (Å²) in [6, 6.07) is 13.8. The average molecular weight is 313 g/mol. The first-order valence-corrected chi connectivity index (χ1v) is 7.31. The van der Waals surface area contributed by atoms with Gasteiger partial charge in [-0.2, -0.15) is 5.10 Å². The smallest absolute Gasteiger partial charge is 0.191 e. The number of hydrogen-bond donors (Lipinski definition) is 2. The molecule has 0 saturated carbocycles. The molecule has 22 heavy (non-hydrogen) atoms. The van der Waals surface area contributed by atoms with Crippen LogP contribution in [0.15, 0.2) is 47.6 Å². The number of hydrogen-bond acceptors (Lipinski definition) is 3. The maximum atomic E-state index is 5.26. The number of methoxy groups -OCH3 is 1. The van der Waals surface area contributed by atoms with Crippen molar-refractivity contribution in [3.05, 3.63) is 59.2 Å². The van der Waals surface area contributed by atoms with Crippen molar-refractivity contribution in [1.29, 1.82) is 0 Å². The van der Waals surface area contributed by atoms with Gasteiger partial charge in [-0.05, 0) is 49.3 Å². The van der Waals surface area contributed by atoms with Crippen LogP contribution in [-0.4, -0.2) is 18.4 Å². The van der Waals surface area contributed by atoms with Crippen molar-refractivity contribution in [3.63, 3.8) is 0 Å². The van der Waals surface area contributed by atoms with Crippen LogP contribution in [0.2, 0.25) is 0 Å². The molecule has 0 amide bonds. The fourth-order valence-electron chi connectivity index (χ4n) is 2.03. The third kappa shape index (κ3) is 4.30. The molecular weight excluding hydrogens is 294 g/mol. The topological polar surface area (TPSA) is 45.6 Å². The number of benzene rings is 2. The van der Waals surface area contributed by atoms with E-state index in [9.17, 15) is 0 Å². The fourth-order valence-corrected chi connectivity index (χ4v) is 2.19. The van der Waals surface area contributed by atoms with Crippen molar-refractivity contribution in [2.24, 2.45) is 5.10 Å². The van der Waals surface area contributed by atoms with Crippen LogP contribution in [0.25, 0.3) is 0 Å². The third-order valence-electron chi connectivity index (χ3n) is 3.15. The summed E-state index contributed by atoms with van der Waals surface area (Å²) >= 11 is 5.22. The van der Waals surface area contributed by atoms with Gasteiger partial charge < -0.3 is 10.1 Å². The second-order valence-electron chi connectivity index (χ2n) is 4.88. The average Bonchev–Trinajstić information content (AvgIpc) is 2.50. The maximum absolute atomic E-state index is 5.26. The van der Waals surface area contributed by atoms with Gasteiger partial charge in [-0.1, -0.05) is 35.9 Å². The van der Waals surface area contributed by atoms with Gasteiger partial charge in [0.05, 0.1) is 19.0 Å². The van der Waals surface area contributed by atoms with Gasteiger partial charge in [-0.15, -0.1) is 0 Å². The summed E-state index contributed by atoms with van der Waals surface area (Å²) in [5.74, 6) is 0.727. The number of nitrogens with zero attached hydrogens (tertiary/aromatic N) is 1. The van der Waals surface area contributed by atoms with Crippen molar-refractivity contribution in [2.75, 3.05) is 12.4 Å². The Kier molecular flexibility index (Phi) is 5.49. The first-order chi connectivity index (χ1) is 10.6. The van der Waals surface area contributed by atoms with Gasteiger partial charge in [-0.3, -0.25) is 5.43 Å². The van der Waals surface area contributed by atoms with Gasteiger partial charge in [0.15, 0.2) is 5.11 Å². The third-order valence-corrected chi connectivity index (χ3v) is 3.34. The van der Waals surface area contributed by atoms with E-state index in [1.54, 1.807) is 13.3 Å². The van der Waals surface area contributed by atoms with Crippen LogP contribution in [0.5, 0.6) is 5.75 Å². The predicted molar refractivity (Wildman–Crippen MR) is 95.9 cm³/mol. The first-order valence-electron chi connectivity index (χ1n) is 6.90. The first kappa shape index (κ1) is 16.0. The molecule has 2 aromatic rings. The van der Waals surface area contributed by atoms with Crippen LogP contribution in [-0.2, 0) is 0 Å². The molecule has 2 rings (SSSR count). The highest BCUT2D eigenvalue weighted by Gasteiger charge is 2.02. The molecule has 0 aliphatic carbocycles. The Balaban J connectivity index is 1.96. The molecule has 0 unspecified atom stereocenters. The molecule has 0 aliphatic heterocycles. The molecule has 5 heteroatoms. The van der Waals surface area contributed by atoms with Crippen molar-refractivity contribution in [3.8, 4) is 5.75 Å². The number of ether oxygens (including phenoxy) is 1. The van der Waals surface area contributed by atoms with E-state index in [2.05, 4.69) is 41.8 Å². The summed E-state index contributed by atoms with van der Waals surface area (Å²) in [5.41, 5.74) is 7.06. The lowest BCUT2D eigenvalue weighted by atomic mass is 10.1. The number of aryl methyl sites for hydroxylation is 2. The number of para-hydroxylation sites is 2. The van der Waals surface area contributed by atoms with Crippen LogP contribution in [0, 0.1) is 13.8 Å². The number of hydrazone groups is 1. The monoisotopic (exact) mass is 313 g/mol. The van der Waals surface area contributed by atoms with Crippen LogP contribution in [0.3, 0.4) is 0 Å². The van der Waals surface area contributed by atoms with Gasteiger partial charge in [0.1, 0.15) is 5.75 Å². The molecule has 2 aromatic carbocycles. The zero-order valence-electron chi connectivity index (χ0n) is 12.9. The minimum Gasteiger partial charge on any atom is -0.495 e. The minimum absolute atomic E-state index is 0.408. The zero-order chi connectivity index (χ0) is 15.9. The molecule has 0 bridgehead atoms. The van der Waals surface area contributed by atoms with Crippen LogP contribution >= 0.6 is 12.2 Å². The minimum atomic E-state index is 0.408. The van der Waals surface area contributed by atoms with Crippen LogP contribution in [0.4, 0.5) is 5.69 Å². The van der Waals surface area contributed by atoms with Crippen molar-refractivity contribution < 1.29 is 4.74 Å². The Hall–Kier alpha value is -2.40. The van der Waals surface area contributed by atoms with Gasteiger partial charge in [0.25, 0.3) is 0 Å². The molecule has 0 aromatic heterocycles. The number of anilines is 1. The Morgan fingerprint density at radius 1 is 1.18 bits per heavy atom. The van der Waals surface area contributed by atoms with Gasteiger partial charge in [0, 0.05) is 0 Å². The molecule has 0 aliphatic rings. The molecule has 0 fully saturated rings. The van der Waals surface area contributed by atoms with E-state index < -0.39 is 0 Å². The second-order valence-corrected chi connectivity index (χ2v) is 5.29. The summed E-state index contributed by atoms with van der Waals surface area (Å²) in [4.78, 5) is 0. The maximum Gasteiger partial charge on any atom is 0.191 e. The Morgan fingerprint density at radius 2 is 1.95 bits per heavy atom. The molecule has 0 saturated heterocycles. The number of thiocarbonyl (C=S) groups is 1. The highest BCUT2D eigenvalue weighted by atomic mass is 32.1. The van der Waals surface area contributed by atoms with E-state index in [4.69, 9.17) is 17.0 Å². The van der Waals surface area contributed by atoms with E-state index in [1.165, 1.54) is 11.1 Å². The van der Waals surface area contributed by atoms with Crippen LogP contribution in [0.1, 0.15) is 16.7 Å². The number of nitrogens with one attached hydrogen (secondary N) is 2. The van der Waals surface area contributed by atoms with E-state index in [1.807, 2.05) is 30.3 Å². The Labute approximate surface area is 136 Å². The van der Waals surface area contributed by atoms with Crippen LogP contribution < -0.4 is 15.5 Å². The highest BCUT2D eigenvalue weighted by molar-refractivity contribution is 7.80. The highest BCUT2D eigenvalue weighted by Crippen LogP contribution is 2.22. The standard InChI is InChI=1S/C17H19N3OS/c1-12-8-9-14(13(2)10-12)11-18-20-17(22)19-15-6-4-5-7-16(15)21-3/h4-11H,1-3H3,(H2,19,20,22)/b18-11+. The lowest BCUT2D eigenvalue weighted by Gasteiger charge is -2.10. The predicted octanol–water partition coefficient (Wildman–Crippen LogP) is 3.63. The fraction of sp³-hybridized carbons (Fsp3) is 0.176. The SMILES string of the molecule is COc1ccccc1NC(=S)N/N=C/c1ccc(C)cc1C. The molecular formula is C17H19N3OS. The summed E-state index contributed by atoms with van der Waals surface area (Å²) in [5, 5.41) is 7.63. The number of rotatable bonds is 4. The molecule has 114 valence electrons. The van der Waals surface area contributed by atoms with E-state index in [0.29, 0.717) is 5.11 Å². The normalized spacial score (nSPS) is 10.5. The lowest BCUT2D eigenvalue weighted by Crippen LogP contribution is -2.24. The van der Waals surface area contributed by atoms with Crippen molar-refractivity contribution in [2.45, 2.75) is 13.8 Å². The van der Waals surface area contributed by atoms with Crippen molar-refractivity contribution in [1.82, 2.24) is 5.43 Å². The van der Waals surface area contributed by atoms with E-state index in [-0.39, 0.29) is 0 Å². The molecule has 0 heterocycles. The molecule has 4 nitrogen and oxygen atoms in total. The lowest BCUT2D eigenvalue weighted by molar-refractivity contribution is 0.417. The summed E-state index contributed by atoms with van der Waals surface area (Å²) < 4.78 is 5.26. The molecule has 0 radical (unpaired) electrons. The Morgan fingerprint density at radius 3 is 2.68 bits per heavy atom. The summed E-state index contributed by atoms with van der Waals surface area (Å²) in [6.07, 6.45) is 1.75. The summed E-state index contributed by atoms with van der Waals surface area (Å²) in [6.45, 7) is 4.12. The molecule has 0 atom stereocenters. The Bertz CT molecular complexity index is 698. The van der Waals surface area contributed by atoms with Gasteiger partial charge in [-0.25, -0.2) is 0 Å². The molecule has 2 N–H and O–H groups in total. The van der Waals surface area contributed by atoms with E-state index >= 15 is 0 Å².